The van der Waals surface area contributed by atoms with E-state index >= 15 is 0 Å². The first-order valence-corrected chi connectivity index (χ1v) is 9.46. The van der Waals surface area contributed by atoms with Crippen LogP contribution in [-0.2, 0) is 10.0 Å². The maximum atomic E-state index is 12.5. The van der Waals surface area contributed by atoms with Gasteiger partial charge in [-0.15, -0.1) is 0 Å². The third kappa shape index (κ3) is 3.83. The first-order chi connectivity index (χ1) is 9.40. The molecule has 0 saturated heterocycles. The average molecular weight is 360 g/mol. The van der Waals surface area contributed by atoms with Crippen LogP contribution in [0.25, 0.3) is 0 Å². The van der Waals surface area contributed by atoms with Gasteiger partial charge in [-0.05, 0) is 49.4 Å². The zero-order chi connectivity index (χ0) is 14.8. The average Bonchev–Trinajstić information content (AvgIpc) is 2.58. The zero-order valence-corrected chi connectivity index (χ0v) is 14.4. The summed E-state index contributed by atoms with van der Waals surface area (Å²) in [6, 6.07) is 5.22. The maximum absolute atomic E-state index is 12.5. The van der Waals surface area contributed by atoms with Gasteiger partial charge in [-0.3, -0.25) is 0 Å². The van der Waals surface area contributed by atoms with E-state index in [-0.39, 0.29) is 6.04 Å². The van der Waals surface area contributed by atoms with Crippen LogP contribution in [0.4, 0.5) is 0 Å². The molecular weight excluding hydrogens is 338 g/mol. The number of nitrogens with one attached hydrogen (secondary N) is 1. The second kappa shape index (κ2) is 6.58. The maximum Gasteiger partial charge on any atom is 0.240 e. The van der Waals surface area contributed by atoms with Gasteiger partial charge in [-0.1, -0.05) is 42.1 Å². The molecule has 0 aromatic heterocycles. The van der Waals surface area contributed by atoms with Crippen LogP contribution in [0, 0.1) is 12.8 Å². The van der Waals surface area contributed by atoms with E-state index in [0.29, 0.717) is 10.8 Å². The minimum Gasteiger partial charge on any atom is -0.208 e. The van der Waals surface area contributed by atoms with E-state index in [9.17, 15) is 8.42 Å². The van der Waals surface area contributed by atoms with Crippen LogP contribution in [0.2, 0.25) is 0 Å². The van der Waals surface area contributed by atoms with Crippen molar-refractivity contribution in [2.45, 2.75) is 56.9 Å². The number of aryl methyl sites for hydroxylation is 1. The SMILES string of the molecule is Cc1cc(S(=O)(=O)NC2CCCCCC2C)ccc1Br. The molecule has 112 valence electrons. The van der Waals surface area contributed by atoms with Gasteiger partial charge in [0.05, 0.1) is 4.90 Å². The monoisotopic (exact) mass is 359 g/mol. The van der Waals surface area contributed by atoms with Crippen LogP contribution < -0.4 is 4.72 Å². The Hall–Kier alpha value is -0.390. The largest absolute Gasteiger partial charge is 0.240 e. The van der Waals surface area contributed by atoms with Crippen LogP contribution in [-0.4, -0.2) is 14.5 Å². The molecule has 5 heteroatoms. The third-order valence-corrected chi connectivity index (χ3v) is 6.49. The van der Waals surface area contributed by atoms with E-state index in [1.807, 2.05) is 6.92 Å². The molecule has 0 bridgehead atoms. The van der Waals surface area contributed by atoms with Gasteiger partial charge in [-0.25, -0.2) is 13.1 Å². The van der Waals surface area contributed by atoms with Gasteiger partial charge in [-0.2, -0.15) is 0 Å². The summed E-state index contributed by atoms with van der Waals surface area (Å²) >= 11 is 3.40. The van der Waals surface area contributed by atoms with Crippen molar-refractivity contribution in [2.24, 2.45) is 5.92 Å². The number of sulfonamides is 1. The Morgan fingerprint density at radius 1 is 1.20 bits per heavy atom. The van der Waals surface area contributed by atoms with Gasteiger partial charge in [0, 0.05) is 10.5 Å². The minimum atomic E-state index is -3.42. The van der Waals surface area contributed by atoms with E-state index in [2.05, 4.69) is 27.6 Å². The molecular formula is C15H22BrNO2S. The van der Waals surface area contributed by atoms with Gasteiger partial charge < -0.3 is 0 Å². The van der Waals surface area contributed by atoms with E-state index in [1.165, 1.54) is 12.8 Å². The standard InChI is InChI=1S/C15H22BrNO2S/c1-11-6-4-3-5-7-15(11)17-20(18,19)13-8-9-14(16)12(2)10-13/h8-11,15,17H,3-7H2,1-2H3. The summed E-state index contributed by atoms with van der Waals surface area (Å²) in [5, 5.41) is 0. The lowest BCUT2D eigenvalue weighted by atomic mass is 9.98. The number of halogens is 1. The normalized spacial score (nSPS) is 24.4. The molecule has 1 aliphatic carbocycles. The molecule has 1 aliphatic rings. The predicted octanol–water partition coefficient (Wildman–Crippen LogP) is 4.00. The highest BCUT2D eigenvalue weighted by molar-refractivity contribution is 9.10. The lowest BCUT2D eigenvalue weighted by Crippen LogP contribution is -2.38. The van der Waals surface area contributed by atoms with Crippen LogP contribution >= 0.6 is 15.9 Å². The molecule has 2 atom stereocenters. The highest BCUT2D eigenvalue weighted by Crippen LogP contribution is 2.25. The molecule has 3 nitrogen and oxygen atoms in total. The number of hydrogen-bond acceptors (Lipinski definition) is 2. The van der Waals surface area contributed by atoms with Crippen LogP contribution in [0.3, 0.4) is 0 Å². The molecule has 0 aliphatic heterocycles. The van der Waals surface area contributed by atoms with Gasteiger partial charge >= 0.3 is 0 Å². The predicted molar refractivity (Wildman–Crippen MR) is 85.2 cm³/mol. The Labute approximate surface area is 130 Å². The highest BCUT2D eigenvalue weighted by Gasteiger charge is 2.25. The fraction of sp³-hybridized carbons (Fsp3) is 0.600. The molecule has 0 amide bonds. The summed E-state index contributed by atoms with van der Waals surface area (Å²) in [7, 11) is -3.42. The van der Waals surface area contributed by atoms with Gasteiger partial charge in [0.2, 0.25) is 10.0 Å². The molecule has 0 radical (unpaired) electrons. The van der Waals surface area contributed by atoms with Crippen molar-refractivity contribution in [2.75, 3.05) is 0 Å². The summed E-state index contributed by atoms with van der Waals surface area (Å²) < 4.78 is 28.8. The quantitative estimate of drug-likeness (QED) is 0.828. The van der Waals surface area contributed by atoms with E-state index < -0.39 is 10.0 Å². The minimum absolute atomic E-state index is 0.0615. The molecule has 0 heterocycles. The summed E-state index contributed by atoms with van der Waals surface area (Å²) in [5.74, 6) is 0.406. The van der Waals surface area contributed by atoms with Crippen molar-refractivity contribution in [3.63, 3.8) is 0 Å². The van der Waals surface area contributed by atoms with Crippen molar-refractivity contribution >= 4 is 26.0 Å². The van der Waals surface area contributed by atoms with E-state index in [4.69, 9.17) is 0 Å². The van der Waals surface area contributed by atoms with Gasteiger partial charge in [0.1, 0.15) is 0 Å². The highest BCUT2D eigenvalue weighted by atomic mass is 79.9. The van der Waals surface area contributed by atoms with Gasteiger partial charge in [0.25, 0.3) is 0 Å². The van der Waals surface area contributed by atoms with Crippen molar-refractivity contribution < 1.29 is 8.42 Å². The molecule has 1 saturated carbocycles. The first-order valence-electron chi connectivity index (χ1n) is 7.18. The molecule has 2 unspecified atom stereocenters. The molecule has 1 fully saturated rings. The van der Waals surface area contributed by atoms with Crippen LogP contribution in [0.15, 0.2) is 27.6 Å². The Morgan fingerprint density at radius 3 is 2.60 bits per heavy atom. The lowest BCUT2D eigenvalue weighted by molar-refractivity contribution is 0.399. The summed E-state index contributed by atoms with van der Waals surface area (Å²) in [6.45, 7) is 4.04. The first kappa shape index (κ1) is 16.0. The van der Waals surface area contributed by atoms with Crippen molar-refractivity contribution in [1.82, 2.24) is 4.72 Å². The fourth-order valence-electron chi connectivity index (χ4n) is 2.72. The number of hydrogen-bond donors (Lipinski definition) is 1. The molecule has 2 rings (SSSR count). The lowest BCUT2D eigenvalue weighted by Gasteiger charge is -2.22. The van der Waals surface area contributed by atoms with Crippen molar-refractivity contribution in [3.8, 4) is 0 Å². The second-order valence-electron chi connectivity index (χ2n) is 5.75. The van der Waals surface area contributed by atoms with Crippen LogP contribution in [0.5, 0.6) is 0 Å². The van der Waals surface area contributed by atoms with Crippen molar-refractivity contribution in [3.05, 3.63) is 28.2 Å². The summed E-state index contributed by atoms with van der Waals surface area (Å²) in [5.41, 5.74) is 0.932. The smallest absolute Gasteiger partial charge is 0.208 e. The zero-order valence-electron chi connectivity index (χ0n) is 12.0. The third-order valence-electron chi connectivity index (χ3n) is 4.11. The molecule has 1 aromatic rings. The molecule has 20 heavy (non-hydrogen) atoms. The topological polar surface area (TPSA) is 46.2 Å². The molecule has 1 N–H and O–H groups in total. The fourth-order valence-corrected chi connectivity index (χ4v) is 4.43. The Bertz CT molecular complexity index is 571. The summed E-state index contributed by atoms with van der Waals surface area (Å²) in [4.78, 5) is 0.356. The number of rotatable bonds is 3. The second-order valence-corrected chi connectivity index (χ2v) is 8.32. The summed E-state index contributed by atoms with van der Waals surface area (Å²) in [6.07, 6.45) is 5.57. The number of benzene rings is 1. The molecule has 0 spiro atoms. The Balaban J connectivity index is 2.19. The Morgan fingerprint density at radius 2 is 1.90 bits per heavy atom. The van der Waals surface area contributed by atoms with E-state index in [0.717, 1.165) is 29.3 Å². The Kier molecular flexibility index (Phi) is 5.26. The van der Waals surface area contributed by atoms with Gasteiger partial charge in [0.15, 0.2) is 0 Å². The van der Waals surface area contributed by atoms with Crippen LogP contribution in [0.1, 0.15) is 44.6 Å². The van der Waals surface area contributed by atoms with Crippen molar-refractivity contribution in [1.29, 1.82) is 0 Å². The molecule has 1 aromatic carbocycles. The van der Waals surface area contributed by atoms with E-state index in [1.54, 1.807) is 18.2 Å².